The highest BCUT2D eigenvalue weighted by molar-refractivity contribution is 7.99. The fourth-order valence-corrected chi connectivity index (χ4v) is 3.69. The molecule has 0 bridgehead atoms. The Balaban J connectivity index is 1.61. The Morgan fingerprint density at radius 1 is 1.33 bits per heavy atom. The van der Waals surface area contributed by atoms with Gasteiger partial charge in [0.2, 0.25) is 5.91 Å². The number of halogens is 1. The number of aromatic nitrogens is 4. The second-order valence-corrected chi connectivity index (χ2v) is 7.54. The summed E-state index contributed by atoms with van der Waals surface area (Å²) in [5.41, 5.74) is 0.704. The highest BCUT2D eigenvalue weighted by Crippen LogP contribution is 2.17. The molecule has 10 heteroatoms. The number of carbonyl (C=O) groups excluding carboxylic acids is 1. The second-order valence-electron chi connectivity index (χ2n) is 6.19. The molecule has 146 valence electrons. The van der Waals surface area contributed by atoms with Crippen LogP contribution in [0.1, 0.15) is 5.69 Å². The minimum Gasteiger partial charge on any atom is -0.379 e. The number of rotatable bonds is 8. The molecular weight excluding hydrogens is 388 g/mol. The van der Waals surface area contributed by atoms with Crippen LogP contribution in [0.4, 0.5) is 0 Å². The molecule has 0 N–H and O–H groups in total. The first-order chi connectivity index (χ1) is 13.1. The number of ether oxygens (including phenoxy) is 1. The van der Waals surface area contributed by atoms with Gasteiger partial charge < -0.3 is 9.64 Å². The monoisotopic (exact) mass is 410 g/mol. The number of hydrogen-bond acceptors (Lipinski definition) is 7. The maximum atomic E-state index is 12.8. The van der Waals surface area contributed by atoms with Gasteiger partial charge in [0.15, 0.2) is 5.16 Å². The van der Waals surface area contributed by atoms with Crippen LogP contribution in [0.25, 0.3) is 0 Å². The van der Waals surface area contributed by atoms with Gasteiger partial charge in [-0.1, -0.05) is 23.4 Å². The first kappa shape index (κ1) is 20.1. The third-order valence-electron chi connectivity index (χ3n) is 4.20. The fourth-order valence-electron chi connectivity index (χ4n) is 2.75. The molecule has 1 aliphatic heterocycles. The first-order valence-corrected chi connectivity index (χ1v) is 10.1. The Hall–Kier alpha value is -1.68. The number of nitrogens with zero attached hydrogens (tertiary/aromatic N) is 6. The zero-order valence-corrected chi connectivity index (χ0v) is 16.8. The van der Waals surface area contributed by atoms with Gasteiger partial charge in [-0.25, -0.2) is 9.97 Å². The van der Waals surface area contributed by atoms with E-state index >= 15 is 0 Å². The predicted molar refractivity (Wildman–Crippen MR) is 104 cm³/mol. The zero-order chi connectivity index (χ0) is 19.1. The van der Waals surface area contributed by atoms with E-state index in [0.717, 1.165) is 32.8 Å². The summed E-state index contributed by atoms with van der Waals surface area (Å²) < 4.78 is 7.05. The van der Waals surface area contributed by atoms with Crippen LogP contribution < -0.4 is 0 Å². The molecule has 1 amide bonds. The van der Waals surface area contributed by atoms with Crippen molar-refractivity contribution in [2.75, 3.05) is 45.1 Å². The van der Waals surface area contributed by atoms with E-state index in [0.29, 0.717) is 29.0 Å². The van der Waals surface area contributed by atoms with Gasteiger partial charge in [0, 0.05) is 51.8 Å². The summed E-state index contributed by atoms with van der Waals surface area (Å²) in [5.74, 6) is 0.292. The van der Waals surface area contributed by atoms with Crippen molar-refractivity contribution in [3.05, 3.63) is 35.4 Å². The Kier molecular flexibility index (Phi) is 7.45. The lowest BCUT2D eigenvalue weighted by molar-refractivity contribution is -0.129. The van der Waals surface area contributed by atoms with Crippen LogP contribution in [0.5, 0.6) is 0 Å². The van der Waals surface area contributed by atoms with E-state index in [2.05, 4.69) is 20.0 Å². The molecule has 0 saturated carbocycles. The Bertz CT molecular complexity index is 738. The fraction of sp³-hybridized carbons (Fsp3) is 0.529. The third-order valence-corrected chi connectivity index (χ3v) is 5.38. The van der Waals surface area contributed by atoms with Crippen molar-refractivity contribution in [2.24, 2.45) is 7.05 Å². The van der Waals surface area contributed by atoms with Gasteiger partial charge in [0.1, 0.15) is 5.69 Å². The Morgan fingerprint density at radius 2 is 2.07 bits per heavy atom. The molecule has 2 aromatic heterocycles. The van der Waals surface area contributed by atoms with Gasteiger partial charge in [-0.15, -0.1) is 0 Å². The number of thioether (sulfide) groups is 1. The van der Waals surface area contributed by atoms with E-state index in [1.165, 1.54) is 11.8 Å². The van der Waals surface area contributed by atoms with Crippen molar-refractivity contribution < 1.29 is 9.53 Å². The lowest BCUT2D eigenvalue weighted by Gasteiger charge is -2.30. The van der Waals surface area contributed by atoms with Crippen LogP contribution in [0.15, 0.2) is 29.8 Å². The molecular formula is C17H23ClN6O2S. The summed E-state index contributed by atoms with van der Waals surface area (Å²) in [6.45, 7) is 5.05. The smallest absolute Gasteiger partial charge is 0.233 e. The van der Waals surface area contributed by atoms with Crippen molar-refractivity contribution in [1.29, 1.82) is 0 Å². The van der Waals surface area contributed by atoms with Gasteiger partial charge in [-0.3, -0.25) is 14.4 Å². The van der Waals surface area contributed by atoms with E-state index in [-0.39, 0.29) is 11.7 Å². The molecule has 0 atom stereocenters. The van der Waals surface area contributed by atoms with Crippen LogP contribution >= 0.6 is 23.4 Å². The standard InChI is InChI=1S/C17H23ClN6O2S/c1-22-11-14(18)15(21-22)12-24(6-5-23-7-9-26-10-8-23)16(25)13-27-17-19-3-2-4-20-17/h2-4,11H,5-10,12-13H2,1H3. The summed E-state index contributed by atoms with van der Waals surface area (Å²) in [6.07, 6.45) is 5.08. The van der Waals surface area contributed by atoms with E-state index < -0.39 is 0 Å². The first-order valence-electron chi connectivity index (χ1n) is 8.77. The van der Waals surface area contributed by atoms with Crippen molar-refractivity contribution in [2.45, 2.75) is 11.7 Å². The quantitative estimate of drug-likeness (QED) is 0.479. The van der Waals surface area contributed by atoms with Crippen LogP contribution in [-0.2, 0) is 23.1 Å². The largest absolute Gasteiger partial charge is 0.379 e. The van der Waals surface area contributed by atoms with Crippen LogP contribution in [0.3, 0.4) is 0 Å². The number of carbonyl (C=O) groups is 1. The summed E-state index contributed by atoms with van der Waals surface area (Å²) in [7, 11) is 1.82. The molecule has 8 nitrogen and oxygen atoms in total. The average Bonchev–Trinajstić information content (AvgIpc) is 3.01. The van der Waals surface area contributed by atoms with Gasteiger partial charge in [-0.05, 0) is 6.07 Å². The Labute approximate surface area is 167 Å². The van der Waals surface area contributed by atoms with E-state index in [1.54, 1.807) is 34.2 Å². The summed E-state index contributed by atoms with van der Waals surface area (Å²) in [6, 6.07) is 1.75. The highest BCUT2D eigenvalue weighted by Gasteiger charge is 2.20. The maximum absolute atomic E-state index is 12.8. The van der Waals surface area contributed by atoms with E-state index in [9.17, 15) is 4.79 Å². The molecule has 1 fully saturated rings. The maximum Gasteiger partial charge on any atom is 0.233 e. The summed E-state index contributed by atoms with van der Waals surface area (Å²) in [5, 5.41) is 5.53. The lowest BCUT2D eigenvalue weighted by Crippen LogP contribution is -2.43. The highest BCUT2D eigenvalue weighted by atomic mass is 35.5. The van der Waals surface area contributed by atoms with Crippen molar-refractivity contribution >= 4 is 29.3 Å². The summed E-state index contributed by atoms with van der Waals surface area (Å²) >= 11 is 7.57. The van der Waals surface area contributed by atoms with E-state index in [4.69, 9.17) is 16.3 Å². The van der Waals surface area contributed by atoms with Crippen LogP contribution in [-0.4, -0.2) is 80.6 Å². The predicted octanol–water partition coefficient (Wildman–Crippen LogP) is 1.32. The van der Waals surface area contributed by atoms with Crippen molar-refractivity contribution in [3.8, 4) is 0 Å². The third kappa shape index (κ3) is 6.17. The minimum absolute atomic E-state index is 0.0161. The van der Waals surface area contributed by atoms with Crippen LogP contribution in [0, 0.1) is 0 Å². The molecule has 2 aromatic rings. The van der Waals surface area contributed by atoms with Gasteiger partial charge in [0.05, 0.1) is 30.5 Å². The van der Waals surface area contributed by atoms with Gasteiger partial charge in [0.25, 0.3) is 0 Å². The topological polar surface area (TPSA) is 76.4 Å². The molecule has 27 heavy (non-hydrogen) atoms. The SMILES string of the molecule is Cn1cc(Cl)c(CN(CCN2CCOCC2)C(=O)CSc2ncccn2)n1. The minimum atomic E-state index is 0.0161. The number of hydrogen-bond donors (Lipinski definition) is 0. The number of aryl methyl sites for hydroxylation is 1. The number of amides is 1. The molecule has 3 rings (SSSR count). The lowest BCUT2D eigenvalue weighted by atomic mass is 10.3. The molecule has 0 radical (unpaired) electrons. The normalized spacial score (nSPS) is 15.0. The molecule has 0 spiro atoms. The van der Waals surface area contributed by atoms with Crippen molar-refractivity contribution in [3.63, 3.8) is 0 Å². The molecule has 0 aliphatic carbocycles. The second kappa shape index (κ2) is 10.0. The zero-order valence-electron chi connectivity index (χ0n) is 15.3. The van der Waals surface area contributed by atoms with Gasteiger partial charge in [-0.2, -0.15) is 5.10 Å². The Morgan fingerprint density at radius 3 is 2.74 bits per heavy atom. The van der Waals surface area contributed by atoms with E-state index in [1.807, 2.05) is 7.05 Å². The molecule has 3 heterocycles. The average molecular weight is 411 g/mol. The molecule has 1 aliphatic rings. The van der Waals surface area contributed by atoms with Gasteiger partial charge >= 0.3 is 0 Å². The summed E-state index contributed by atoms with van der Waals surface area (Å²) in [4.78, 5) is 25.3. The number of morpholine rings is 1. The molecule has 0 unspecified atom stereocenters. The van der Waals surface area contributed by atoms with Crippen molar-refractivity contribution in [1.82, 2.24) is 29.5 Å². The molecule has 1 saturated heterocycles. The van der Waals surface area contributed by atoms with Crippen LogP contribution in [0.2, 0.25) is 5.02 Å². The molecule has 0 aromatic carbocycles.